The van der Waals surface area contributed by atoms with Gasteiger partial charge in [-0.05, 0) is 19.4 Å². The van der Waals surface area contributed by atoms with Crippen LogP contribution in [0.25, 0.3) is 0 Å². The molecule has 3 nitrogen and oxygen atoms in total. The third-order valence-electron chi connectivity index (χ3n) is 1.34. The summed E-state index contributed by atoms with van der Waals surface area (Å²) < 4.78 is 35.0. The van der Waals surface area contributed by atoms with E-state index in [4.69, 9.17) is 11.5 Å². The Kier molecular flexibility index (Phi) is 4.19. The van der Waals surface area contributed by atoms with E-state index in [0.29, 0.717) is 6.42 Å². The molecule has 0 heterocycles. The molecule has 0 radical (unpaired) electrons. The van der Waals surface area contributed by atoms with Crippen LogP contribution in [-0.4, -0.2) is 24.5 Å². The second kappa shape index (κ2) is 4.42. The number of rotatable bonds is 4. The molecule has 1 atom stereocenters. The largest absolute Gasteiger partial charge is 0.451 e. The molecule has 0 bridgehead atoms. The molecule has 0 aromatic carbocycles. The molecule has 0 rings (SSSR count). The fraction of sp³-hybridized carbons (Fsp3) is 0.833. The molecular weight excluding hydrogens is 173 g/mol. The van der Waals surface area contributed by atoms with Crippen LogP contribution in [0.4, 0.5) is 13.2 Å². The number of hydrogen-bond donors (Lipinski definition) is 2. The third kappa shape index (κ3) is 3.68. The normalized spacial score (nSPS) is 14.4. The van der Waals surface area contributed by atoms with Gasteiger partial charge in [-0.25, -0.2) is 0 Å². The third-order valence-corrected chi connectivity index (χ3v) is 1.34. The summed E-state index contributed by atoms with van der Waals surface area (Å²) in [6, 6.07) is -1.46. The summed E-state index contributed by atoms with van der Waals surface area (Å²) in [5.41, 5.74) is 10.0. The fourth-order valence-corrected chi connectivity index (χ4v) is 0.679. The zero-order chi connectivity index (χ0) is 9.78. The van der Waals surface area contributed by atoms with Crippen LogP contribution >= 0.6 is 0 Å². The molecule has 0 amide bonds. The molecule has 6 heteroatoms. The molecule has 0 aliphatic rings. The van der Waals surface area contributed by atoms with Crippen molar-refractivity contribution in [1.82, 2.24) is 0 Å². The molecule has 0 spiro atoms. The van der Waals surface area contributed by atoms with Crippen molar-refractivity contribution in [3.8, 4) is 0 Å². The summed E-state index contributed by atoms with van der Waals surface area (Å²) in [5, 5.41) is 0. The van der Waals surface area contributed by atoms with Gasteiger partial charge in [-0.1, -0.05) is 0 Å². The average molecular weight is 184 g/mol. The smallest absolute Gasteiger partial charge is 0.330 e. The Morgan fingerprint density at radius 3 is 2.25 bits per heavy atom. The SMILES string of the molecule is NCCCC(N)C(=O)C(F)(F)F. The quantitative estimate of drug-likeness (QED) is 0.655. The Morgan fingerprint density at radius 2 is 1.92 bits per heavy atom. The number of nitrogens with two attached hydrogens (primary N) is 2. The lowest BCUT2D eigenvalue weighted by atomic mass is 10.1. The average Bonchev–Trinajstić information content (AvgIpc) is 1.97. The van der Waals surface area contributed by atoms with Crippen molar-refractivity contribution in [1.29, 1.82) is 0 Å². The predicted octanol–water partition coefficient (Wildman–Crippen LogP) is 0.184. The number of hydrogen-bond acceptors (Lipinski definition) is 3. The molecular formula is C6H11F3N2O. The van der Waals surface area contributed by atoms with E-state index >= 15 is 0 Å². The van der Waals surface area contributed by atoms with Crippen LogP contribution < -0.4 is 11.5 Å². The van der Waals surface area contributed by atoms with Crippen molar-refractivity contribution >= 4 is 5.78 Å². The summed E-state index contributed by atoms with van der Waals surface area (Å²) >= 11 is 0. The molecule has 4 N–H and O–H groups in total. The number of ketones is 1. The highest BCUT2D eigenvalue weighted by Gasteiger charge is 2.41. The summed E-state index contributed by atoms with van der Waals surface area (Å²) in [6.07, 6.45) is -4.52. The van der Waals surface area contributed by atoms with Crippen LogP contribution in [0.15, 0.2) is 0 Å². The molecule has 0 aliphatic heterocycles. The Bertz CT molecular complexity index is 157. The van der Waals surface area contributed by atoms with Gasteiger partial charge in [0.05, 0.1) is 6.04 Å². The van der Waals surface area contributed by atoms with E-state index in [0.717, 1.165) is 0 Å². The Hall–Kier alpha value is -0.620. The van der Waals surface area contributed by atoms with Crippen molar-refractivity contribution in [2.45, 2.75) is 25.1 Å². The number of alkyl halides is 3. The summed E-state index contributed by atoms with van der Waals surface area (Å²) in [4.78, 5) is 10.4. The van der Waals surface area contributed by atoms with Gasteiger partial charge in [0.1, 0.15) is 0 Å². The van der Waals surface area contributed by atoms with Crippen LogP contribution in [0.3, 0.4) is 0 Å². The molecule has 0 aromatic heterocycles. The second-order valence-corrected chi connectivity index (χ2v) is 2.40. The first-order chi connectivity index (χ1) is 5.39. The number of carbonyl (C=O) groups is 1. The summed E-state index contributed by atoms with van der Waals surface area (Å²) in [5.74, 6) is -1.88. The Balaban J connectivity index is 3.94. The monoisotopic (exact) mass is 184 g/mol. The van der Waals surface area contributed by atoms with Gasteiger partial charge in [-0.15, -0.1) is 0 Å². The van der Waals surface area contributed by atoms with Gasteiger partial charge in [0.15, 0.2) is 0 Å². The van der Waals surface area contributed by atoms with Gasteiger partial charge in [-0.3, -0.25) is 4.79 Å². The van der Waals surface area contributed by atoms with Crippen molar-refractivity contribution in [2.24, 2.45) is 11.5 Å². The van der Waals surface area contributed by atoms with Gasteiger partial charge < -0.3 is 11.5 Å². The van der Waals surface area contributed by atoms with Crippen LogP contribution in [0.5, 0.6) is 0 Å². The topological polar surface area (TPSA) is 69.1 Å². The Labute approximate surface area is 67.9 Å². The minimum absolute atomic E-state index is 0.0190. The molecule has 0 fully saturated rings. The van der Waals surface area contributed by atoms with E-state index in [9.17, 15) is 18.0 Å². The highest BCUT2D eigenvalue weighted by atomic mass is 19.4. The summed E-state index contributed by atoms with van der Waals surface area (Å²) in [6.45, 7) is 0.235. The lowest BCUT2D eigenvalue weighted by Crippen LogP contribution is -2.40. The van der Waals surface area contributed by atoms with Crippen LogP contribution in [-0.2, 0) is 4.79 Å². The molecule has 0 saturated carbocycles. The maximum Gasteiger partial charge on any atom is 0.451 e. The van der Waals surface area contributed by atoms with Crippen LogP contribution in [0.2, 0.25) is 0 Å². The van der Waals surface area contributed by atoms with Gasteiger partial charge in [-0.2, -0.15) is 13.2 Å². The van der Waals surface area contributed by atoms with Crippen molar-refractivity contribution < 1.29 is 18.0 Å². The Morgan fingerprint density at radius 1 is 1.42 bits per heavy atom. The van der Waals surface area contributed by atoms with E-state index in [1.165, 1.54) is 0 Å². The van der Waals surface area contributed by atoms with Gasteiger partial charge >= 0.3 is 6.18 Å². The van der Waals surface area contributed by atoms with Crippen LogP contribution in [0.1, 0.15) is 12.8 Å². The lowest BCUT2D eigenvalue weighted by molar-refractivity contribution is -0.172. The highest BCUT2D eigenvalue weighted by molar-refractivity contribution is 5.88. The molecule has 12 heavy (non-hydrogen) atoms. The maximum absolute atomic E-state index is 11.7. The van der Waals surface area contributed by atoms with E-state index in [2.05, 4.69) is 0 Å². The minimum atomic E-state index is -4.83. The zero-order valence-corrected chi connectivity index (χ0v) is 6.40. The van der Waals surface area contributed by atoms with E-state index in [1.54, 1.807) is 0 Å². The second-order valence-electron chi connectivity index (χ2n) is 2.40. The first kappa shape index (κ1) is 11.4. The summed E-state index contributed by atoms with van der Waals surface area (Å²) in [7, 11) is 0. The fourth-order valence-electron chi connectivity index (χ4n) is 0.679. The maximum atomic E-state index is 11.7. The van der Waals surface area contributed by atoms with Crippen molar-refractivity contribution in [3.05, 3.63) is 0 Å². The number of carbonyl (C=O) groups excluding carboxylic acids is 1. The number of halogens is 3. The van der Waals surface area contributed by atoms with Crippen molar-refractivity contribution in [3.63, 3.8) is 0 Å². The van der Waals surface area contributed by atoms with E-state index < -0.39 is 18.0 Å². The van der Waals surface area contributed by atoms with E-state index in [1.807, 2.05) is 0 Å². The molecule has 0 aromatic rings. The van der Waals surface area contributed by atoms with Crippen molar-refractivity contribution in [2.75, 3.05) is 6.54 Å². The first-order valence-corrected chi connectivity index (χ1v) is 3.46. The predicted molar refractivity (Wildman–Crippen MR) is 37.3 cm³/mol. The van der Waals surface area contributed by atoms with Gasteiger partial charge in [0.2, 0.25) is 0 Å². The van der Waals surface area contributed by atoms with E-state index in [-0.39, 0.29) is 13.0 Å². The standard InChI is InChI=1S/C6H11F3N2O/c7-6(8,9)5(12)4(11)2-1-3-10/h4H,1-3,10-11H2. The molecule has 0 saturated heterocycles. The minimum Gasteiger partial charge on any atom is -0.330 e. The zero-order valence-electron chi connectivity index (χ0n) is 6.40. The lowest BCUT2D eigenvalue weighted by Gasteiger charge is -2.11. The first-order valence-electron chi connectivity index (χ1n) is 3.46. The molecule has 1 unspecified atom stereocenters. The van der Waals surface area contributed by atoms with Gasteiger partial charge in [0.25, 0.3) is 5.78 Å². The van der Waals surface area contributed by atoms with Gasteiger partial charge in [0, 0.05) is 0 Å². The highest BCUT2D eigenvalue weighted by Crippen LogP contribution is 2.18. The molecule has 72 valence electrons. The number of Topliss-reactive ketones (excluding diaryl/α,β-unsaturated/α-hetero) is 1. The van der Waals surface area contributed by atoms with Crippen LogP contribution in [0, 0.1) is 0 Å². The molecule has 0 aliphatic carbocycles.